The van der Waals surface area contributed by atoms with E-state index in [0.717, 1.165) is 76.7 Å². The number of hydrogen-bond donors (Lipinski definition) is 0. The Labute approximate surface area is 529 Å². The fraction of sp³-hybridized carbons (Fsp3) is 0.800. The van der Waals surface area contributed by atoms with Crippen LogP contribution in [0.5, 0.6) is 0 Å². The zero-order valence-electron chi connectivity index (χ0n) is 57.3. The molecule has 0 aromatic rings. The molecule has 22 heteroatoms. The minimum Gasteiger partial charge on any atom is -0.663 e. The molecule has 0 aliphatic carbocycles. The molecule has 0 aliphatic heterocycles. The molecule has 0 saturated heterocycles. The maximum absolute atomic E-state index is 11.2. The number of carbonyl (C=O) groups is 4. The van der Waals surface area contributed by atoms with Gasteiger partial charge in [-0.2, -0.15) is 52.4 Å². The van der Waals surface area contributed by atoms with Crippen molar-refractivity contribution in [2.45, 2.75) is 266 Å². The predicted octanol–water partition coefficient (Wildman–Crippen LogP) is 11.0. The number of carbonyl (C=O) groups excluding carboxylic acids is 4. The van der Waals surface area contributed by atoms with E-state index < -0.39 is 92.5 Å². The zero-order chi connectivity index (χ0) is 65.6. The van der Waals surface area contributed by atoms with Gasteiger partial charge in [0.25, 0.3) is 0 Å². The summed E-state index contributed by atoms with van der Waals surface area (Å²) in [6, 6.07) is 0. The fourth-order valence-corrected chi connectivity index (χ4v) is 3.93. The summed E-state index contributed by atoms with van der Waals surface area (Å²) < 4.78 is 39.4. The van der Waals surface area contributed by atoms with E-state index >= 15 is 0 Å². The minimum absolute atomic E-state index is 0. The van der Waals surface area contributed by atoms with E-state index in [1.54, 1.807) is 166 Å². The van der Waals surface area contributed by atoms with E-state index in [1.165, 1.54) is 0 Å². The number of rotatable bonds is 16. The second-order valence-electron chi connectivity index (χ2n) is 24.3. The molecule has 0 radical (unpaired) electrons. The SMILES string of the molecule is CC(C)(C)OC(=O)/C=C(\[O-])OC(C)(C)C.CC(C)(C)OC(=O)/C=C(\[O-])OC(C)(C)C.CC(C)(C)OC(=O)/C=C(\[O-])OC(C)(C)C.CC(C)(C)OC(=O)/C=C(\[O-])OC(C)(C)C.CC[N-]CC.CC[N-]CC.CC[N-]CC.CC[N-]CC.[Ti+4].[Ti+4]. The molecule has 480 valence electrons. The van der Waals surface area contributed by atoms with Crippen molar-refractivity contribution in [3.05, 3.63) is 69.4 Å². The molecule has 0 fully saturated rings. The molecule has 0 heterocycles. The van der Waals surface area contributed by atoms with Crippen molar-refractivity contribution in [3.8, 4) is 0 Å². The van der Waals surface area contributed by atoms with E-state index in [2.05, 4.69) is 21.3 Å². The van der Waals surface area contributed by atoms with Gasteiger partial charge in [-0.05, 0) is 83.1 Å². The maximum Gasteiger partial charge on any atom is 4.00 e. The molecule has 0 rings (SSSR count). The first-order chi connectivity index (χ1) is 35.6. The molecule has 0 amide bonds. The number of hydrogen-bond acceptors (Lipinski definition) is 16. The third-order valence-corrected chi connectivity index (χ3v) is 5.99. The summed E-state index contributed by atoms with van der Waals surface area (Å²) >= 11 is 0. The van der Waals surface area contributed by atoms with E-state index in [4.69, 9.17) is 37.9 Å². The second kappa shape index (κ2) is 53.0. The fourth-order valence-electron chi connectivity index (χ4n) is 3.93. The van der Waals surface area contributed by atoms with Gasteiger partial charge in [-0.15, -0.1) is 0 Å². The van der Waals surface area contributed by atoms with Gasteiger partial charge in [0.15, 0.2) is 0 Å². The Hall–Kier alpha value is -3.49. The third-order valence-electron chi connectivity index (χ3n) is 5.99. The smallest absolute Gasteiger partial charge is 0.663 e. The van der Waals surface area contributed by atoms with Crippen LogP contribution >= 0.6 is 0 Å². The van der Waals surface area contributed by atoms with E-state index in [-0.39, 0.29) is 43.4 Å². The van der Waals surface area contributed by atoms with Crippen molar-refractivity contribution < 1.29 is 121 Å². The average Bonchev–Trinajstić information content (AvgIpc) is 3.14. The topological polar surface area (TPSA) is 291 Å². The van der Waals surface area contributed by atoms with Gasteiger partial charge in [-0.25, -0.2) is 19.2 Å². The molecule has 0 unspecified atom stereocenters. The summed E-state index contributed by atoms with van der Waals surface area (Å²) in [6.07, 6.45) is 3.26. The van der Waals surface area contributed by atoms with Crippen LogP contribution in [0.1, 0.15) is 222 Å². The number of nitrogens with zero attached hydrogens (tertiary/aromatic N) is 4. The molecule has 0 bridgehead atoms. The van der Waals surface area contributed by atoms with E-state index in [0.29, 0.717) is 0 Å². The van der Waals surface area contributed by atoms with Gasteiger partial charge in [0.2, 0.25) is 0 Å². The van der Waals surface area contributed by atoms with Crippen LogP contribution in [0.15, 0.2) is 48.1 Å². The van der Waals surface area contributed by atoms with Crippen LogP contribution < -0.4 is 20.4 Å². The average molecular weight is 1250 g/mol. The van der Waals surface area contributed by atoms with Crippen molar-refractivity contribution in [2.75, 3.05) is 52.4 Å². The van der Waals surface area contributed by atoms with Gasteiger partial charge in [0.1, 0.15) is 22.4 Å². The molecule has 0 aromatic carbocycles. The van der Waals surface area contributed by atoms with Crippen molar-refractivity contribution in [1.29, 1.82) is 0 Å². The van der Waals surface area contributed by atoms with Gasteiger partial charge in [0.05, 0.1) is 23.8 Å². The first-order valence-electron chi connectivity index (χ1n) is 27.4. The molecule has 0 saturated carbocycles. The summed E-state index contributed by atoms with van der Waals surface area (Å²) in [5.74, 6) is -5.47. The monoisotopic (exact) mass is 1240 g/mol. The van der Waals surface area contributed by atoms with Crippen LogP contribution in [0.2, 0.25) is 0 Å². The summed E-state index contributed by atoms with van der Waals surface area (Å²) in [4.78, 5) is 44.7. The van der Waals surface area contributed by atoms with Crippen LogP contribution in [0, 0.1) is 0 Å². The van der Waals surface area contributed by atoms with E-state index in [9.17, 15) is 39.6 Å². The zero-order valence-corrected chi connectivity index (χ0v) is 60.4. The molecule has 0 aromatic heterocycles. The first kappa shape index (κ1) is 100. The van der Waals surface area contributed by atoms with Crippen LogP contribution in [-0.4, -0.2) is 121 Å². The molecule has 20 nitrogen and oxygen atoms in total. The molecule has 82 heavy (non-hydrogen) atoms. The minimum atomic E-state index is -0.684. The summed E-state index contributed by atoms with van der Waals surface area (Å²) in [5, 5.41) is 60.6. The first-order valence-corrected chi connectivity index (χ1v) is 27.4. The largest absolute Gasteiger partial charge is 4.00 e. The molecule has 0 atom stereocenters. The molecule has 0 aliphatic rings. The van der Waals surface area contributed by atoms with Gasteiger partial charge in [0, 0.05) is 46.7 Å². The van der Waals surface area contributed by atoms with Crippen molar-refractivity contribution >= 4 is 23.9 Å². The van der Waals surface area contributed by atoms with Gasteiger partial charge in [-0.3, -0.25) is 0 Å². The number of esters is 4. The molecule has 0 spiro atoms. The normalized spacial score (nSPS) is 12.0. The van der Waals surface area contributed by atoms with Crippen LogP contribution in [0.4, 0.5) is 0 Å². The third kappa shape index (κ3) is 119. The Morgan fingerprint density at radius 2 is 0.354 bits per heavy atom. The van der Waals surface area contributed by atoms with Gasteiger partial charge in [-0.1, -0.05) is 138 Å². The van der Waals surface area contributed by atoms with Crippen LogP contribution in [0.25, 0.3) is 21.3 Å². The van der Waals surface area contributed by atoms with Crippen LogP contribution in [0.3, 0.4) is 0 Å². The Bertz CT molecular complexity index is 1450. The Morgan fingerprint density at radius 1 is 0.256 bits per heavy atom. The summed E-state index contributed by atoms with van der Waals surface area (Å²) in [6.45, 7) is 65.6. The van der Waals surface area contributed by atoms with Gasteiger partial charge < -0.3 is 79.6 Å². The Balaban J connectivity index is -0.0000000939. The van der Waals surface area contributed by atoms with Gasteiger partial charge >= 0.3 is 67.3 Å². The van der Waals surface area contributed by atoms with E-state index in [1.807, 2.05) is 55.4 Å². The van der Waals surface area contributed by atoms with Crippen molar-refractivity contribution in [2.24, 2.45) is 0 Å². The Kier molecular flexibility index (Phi) is 65.0. The summed E-state index contributed by atoms with van der Waals surface area (Å²) in [7, 11) is 0. The molecular weight excluding hydrogens is 1130 g/mol. The number of ether oxygens (including phenoxy) is 8. The Morgan fingerprint density at radius 3 is 0.415 bits per heavy atom. The molecular formula is C60H116N4O16Ti2. The quantitative estimate of drug-likeness (QED) is 0.0456. The van der Waals surface area contributed by atoms with Crippen LogP contribution in [-0.2, 0) is 101 Å². The second-order valence-corrected chi connectivity index (χ2v) is 24.3. The standard InChI is InChI=1S/4C11H20O4.4C4H10N.2Ti/c4*1-10(2,3)14-8(12)7-9(13)15-11(4,5)6;4*1-3-5-4-2;;/h4*7,12H,1-6H3;4*3-4H2,1-2H3;;/q;;;;4*-1;2*+4/p-4/b4*8-7+;;;;;;. The van der Waals surface area contributed by atoms with Crippen molar-refractivity contribution in [1.82, 2.24) is 0 Å². The molecule has 0 N–H and O–H groups in total. The summed E-state index contributed by atoms with van der Waals surface area (Å²) in [5.41, 5.74) is -4.81. The predicted molar refractivity (Wildman–Crippen MR) is 317 cm³/mol. The van der Waals surface area contributed by atoms with Crippen molar-refractivity contribution in [3.63, 3.8) is 0 Å². The maximum atomic E-state index is 11.2.